The van der Waals surface area contributed by atoms with Gasteiger partial charge in [0.1, 0.15) is 23.8 Å². The number of hydrogen-bond acceptors (Lipinski definition) is 3. The van der Waals surface area contributed by atoms with Crippen molar-refractivity contribution in [2.45, 2.75) is 38.7 Å². The molecular weight excluding hydrogens is 501 g/mol. The molecule has 0 atom stereocenters. The van der Waals surface area contributed by atoms with E-state index in [1.807, 2.05) is 30.3 Å². The lowest BCUT2D eigenvalue weighted by atomic mass is 10.0. The van der Waals surface area contributed by atoms with Crippen molar-refractivity contribution in [2.24, 2.45) is 0 Å². The molecule has 0 radical (unpaired) electrons. The van der Waals surface area contributed by atoms with E-state index >= 15 is 0 Å². The predicted octanol–water partition coefficient (Wildman–Crippen LogP) is 8.72. The van der Waals surface area contributed by atoms with Gasteiger partial charge in [0.25, 0.3) is 0 Å². The largest absolute Gasteiger partial charge is 0.489 e. The van der Waals surface area contributed by atoms with Gasteiger partial charge in [-0.05, 0) is 55.2 Å². The van der Waals surface area contributed by atoms with Crippen molar-refractivity contribution in [3.05, 3.63) is 104 Å². The van der Waals surface area contributed by atoms with E-state index in [1.165, 1.54) is 5.56 Å². The lowest BCUT2D eigenvalue weighted by Gasteiger charge is -2.10. The smallest absolute Gasteiger partial charge is 0.147 e. The summed E-state index contributed by atoms with van der Waals surface area (Å²) in [6, 6.07) is 19.0. The molecule has 1 fully saturated rings. The number of rotatable bonds is 6. The first-order valence-electron chi connectivity index (χ1n) is 11.5. The molecule has 1 aromatic heterocycles. The minimum atomic E-state index is 0.261. The summed E-state index contributed by atoms with van der Waals surface area (Å²) in [4.78, 5) is 0. The van der Waals surface area contributed by atoms with E-state index in [-0.39, 0.29) is 6.61 Å². The van der Waals surface area contributed by atoms with Crippen LogP contribution in [0.25, 0.3) is 11.3 Å². The SMILES string of the molecule is CCc1ccccc1C#Cc1ccc(OCc2c(-c3c(Cl)cccc3Cl)noc2C2CC2)cc1Cl. The van der Waals surface area contributed by atoms with Crippen LogP contribution in [0.4, 0.5) is 0 Å². The van der Waals surface area contributed by atoms with Crippen molar-refractivity contribution < 1.29 is 9.26 Å². The third-order valence-corrected chi connectivity index (χ3v) is 6.96. The molecule has 1 aliphatic rings. The molecule has 4 aromatic rings. The van der Waals surface area contributed by atoms with E-state index in [1.54, 1.807) is 24.3 Å². The summed E-state index contributed by atoms with van der Waals surface area (Å²) in [6.45, 7) is 2.38. The van der Waals surface area contributed by atoms with Gasteiger partial charge in [-0.1, -0.05) is 83.0 Å². The summed E-state index contributed by atoms with van der Waals surface area (Å²) in [6.07, 6.45) is 3.06. The number of halogens is 3. The molecule has 0 unspecified atom stereocenters. The van der Waals surface area contributed by atoms with Crippen LogP contribution in [0.1, 0.15) is 53.7 Å². The zero-order valence-electron chi connectivity index (χ0n) is 19.1. The molecule has 0 N–H and O–H groups in total. The highest BCUT2D eigenvalue weighted by molar-refractivity contribution is 6.39. The molecule has 1 aliphatic carbocycles. The van der Waals surface area contributed by atoms with Crippen LogP contribution in [0.15, 0.2) is 65.2 Å². The summed E-state index contributed by atoms with van der Waals surface area (Å²) in [5.41, 5.74) is 5.10. The van der Waals surface area contributed by atoms with E-state index in [0.717, 1.165) is 41.7 Å². The van der Waals surface area contributed by atoms with Gasteiger partial charge in [0.2, 0.25) is 0 Å². The molecule has 1 saturated carbocycles. The van der Waals surface area contributed by atoms with Crippen molar-refractivity contribution in [1.29, 1.82) is 0 Å². The van der Waals surface area contributed by atoms with Crippen LogP contribution in [0.3, 0.4) is 0 Å². The van der Waals surface area contributed by atoms with Crippen LogP contribution < -0.4 is 4.74 Å². The van der Waals surface area contributed by atoms with Crippen molar-refractivity contribution in [3.8, 4) is 28.8 Å². The number of benzene rings is 3. The quantitative estimate of drug-likeness (QED) is 0.237. The van der Waals surface area contributed by atoms with Crippen LogP contribution in [0.5, 0.6) is 5.75 Å². The maximum Gasteiger partial charge on any atom is 0.147 e. The molecule has 0 amide bonds. The van der Waals surface area contributed by atoms with Gasteiger partial charge in [-0.25, -0.2) is 0 Å². The molecule has 3 aromatic carbocycles. The van der Waals surface area contributed by atoms with E-state index in [0.29, 0.717) is 38.0 Å². The third-order valence-electron chi connectivity index (χ3n) is 6.02. The Morgan fingerprint density at radius 2 is 1.66 bits per heavy atom. The molecule has 1 heterocycles. The number of hydrogen-bond donors (Lipinski definition) is 0. The molecule has 176 valence electrons. The highest BCUT2D eigenvalue weighted by Crippen LogP contribution is 2.46. The van der Waals surface area contributed by atoms with Gasteiger partial charge in [-0.3, -0.25) is 0 Å². The van der Waals surface area contributed by atoms with Gasteiger partial charge in [0.15, 0.2) is 0 Å². The topological polar surface area (TPSA) is 35.3 Å². The van der Waals surface area contributed by atoms with Crippen LogP contribution in [-0.4, -0.2) is 5.16 Å². The van der Waals surface area contributed by atoms with Crippen molar-refractivity contribution in [1.82, 2.24) is 5.16 Å². The number of ether oxygens (including phenoxy) is 1. The van der Waals surface area contributed by atoms with Gasteiger partial charge >= 0.3 is 0 Å². The summed E-state index contributed by atoms with van der Waals surface area (Å²) < 4.78 is 11.8. The minimum absolute atomic E-state index is 0.261. The van der Waals surface area contributed by atoms with Gasteiger partial charge in [0, 0.05) is 28.7 Å². The van der Waals surface area contributed by atoms with E-state index < -0.39 is 0 Å². The van der Waals surface area contributed by atoms with Crippen molar-refractivity contribution >= 4 is 34.8 Å². The van der Waals surface area contributed by atoms with Gasteiger partial charge in [-0.15, -0.1) is 0 Å². The minimum Gasteiger partial charge on any atom is -0.489 e. The first-order chi connectivity index (χ1) is 17.0. The Bertz CT molecular complexity index is 1420. The number of aryl methyl sites for hydroxylation is 1. The summed E-state index contributed by atoms with van der Waals surface area (Å²) in [5.74, 6) is 8.24. The second-order valence-electron chi connectivity index (χ2n) is 8.44. The van der Waals surface area contributed by atoms with Gasteiger partial charge in [-0.2, -0.15) is 0 Å². The zero-order valence-corrected chi connectivity index (χ0v) is 21.3. The molecule has 35 heavy (non-hydrogen) atoms. The standard InChI is InChI=1S/C29H22Cl3NO2/c1-2-18-6-3-4-7-19(18)10-11-20-14-15-22(16-26(20)32)34-17-23-28(33-35-29(23)21-12-13-21)27-24(30)8-5-9-25(27)31/h3-9,14-16,21H,2,12-13,17H2,1H3. The Morgan fingerprint density at radius 3 is 2.37 bits per heavy atom. The Balaban J connectivity index is 1.39. The molecule has 5 rings (SSSR count). The Labute approximate surface area is 220 Å². The van der Waals surface area contributed by atoms with E-state index in [9.17, 15) is 0 Å². The first-order valence-corrected chi connectivity index (χ1v) is 12.6. The lowest BCUT2D eigenvalue weighted by Crippen LogP contribution is -2.00. The highest BCUT2D eigenvalue weighted by atomic mass is 35.5. The number of aromatic nitrogens is 1. The third kappa shape index (κ3) is 5.21. The van der Waals surface area contributed by atoms with Gasteiger partial charge < -0.3 is 9.26 Å². The first kappa shape index (κ1) is 23.8. The number of nitrogens with zero attached hydrogens (tertiary/aromatic N) is 1. The van der Waals surface area contributed by atoms with Gasteiger partial charge in [0.05, 0.1) is 20.6 Å². The van der Waals surface area contributed by atoms with Crippen LogP contribution in [-0.2, 0) is 13.0 Å². The Kier molecular flexibility index (Phi) is 7.07. The second-order valence-corrected chi connectivity index (χ2v) is 9.66. The summed E-state index contributed by atoms with van der Waals surface area (Å²) in [7, 11) is 0. The highest BCUT2D eigenvalue weighted by Gasteiger charge is 2.33. The average molecular weight is 523 g/mol. The van der Waals surface area contributed by atoms with Crippen LogP contribution in [0.2, 0.25) is 15.1 Å². The molecule has 0 bridgehead atoms. The van der Waals surface area contributed by atoms with Crippen LogP contribution in [0, 0.1) is 11.8 Å². The monoisotopic (exact) mass is 521 g/mol. The van der Waals surface area contributed by atoms with E-state index in [2.05, 4.69) is 30.0 Å². The van der Waals surface area contributed by atoms with Crippen molar-refractivity contribution in [3.63, 3.8) is 0 Å². The lowest BCUT2D eigenvalue weighted by molar-refractivity contribution is 0.300. The van der Waals surface area contributed by atoms with Crippen molar-refractivity contribution in [2.75, 3.05) is 0 Å². The zero-order chi connectivity index (χ0) is 24.4. The molecule has 3 nitrogen and oxygen atoms in total. The fraction of sp³-hybridized carbons (Fsp3) is 0.207. The summed E-state index contributed by atoms with van der Waals surface area (Å²) in [5, 5.41) is 5.88. The maximum absolute atomic E-state index is 6.54. The molecule has 0 aliphatic heterocycles. The average Bonchev–Trinajstić information content (AvgIpc) is 3.62. The molecular formula is C29H22Cl3NO2. The molecule has 6 heteroatoms. The fourth-order valence-corrected chi connectivity index (χ4v) is 4.77. The maximum atomic E-state index is 6.54. The Hall–Kier alpha value is -2.90. The normalized spacial score (nSPS) is 12.8. The van der Waals surface area contributed by atoms with E-state index in [4.69, 9.17) is 44.1 Å². The fourth-order valence-electron chi connectivity index (χ4n) is 3.98. The molecule has 0 saturated heterocycles. The summed E-state index contributed by atoms with van der Waals surface area (Å²) >= 11 is 19.4. The second kappa shape index (κ2) is 10.4. The molecule has 0 spiro atoms. The predicted molar refractivity (Wildman–Crippen MR) is 142 cm³/mol. The van der Waals surface area contributed by atoms with Crippen LogP contribution >= 0.6 is 34.8 Å². The Morgan fingerprint density at radius 1 is 0.914 bits per heavy atom.